The van der Waals surface area contributed by atoms with Crippen LogP contribution >= 0.6 is 0 Å². The van der Waals surface area contributed by atoms with Gasteiger partial charge in [-0.15, -0.1) is 0 Å². The number of hydrogen-bond acceptors (Lipinski definition) is 5. The van der Waals surface area contributed by atoms with E-state index in [1.54, 1.807) is 39.0 Å². The summed E-state index contributed by atoms with van der Waals surface area (Å²) in [5.74, 6) is -0.333. The van der Waals surface area contributed by atoms with Gasteiger partial charge >= 0.3 is 12.1 Å². The van der Waals surface area contributed by atoms with Crippen molar-refractivity contribution in [2.45, 2.75) is 33.0 Å². The molecule has 2 N–H and O–H groups in total. The number of alkyl carbamates (subject to hydrolysis) is 1. The maximum atomic E-state index is 12.0. The summed E-state index contributed by atoms with van der Waals surface area (Å²) in [7, 11) is 1.53. The molecule has 0 bridgehead atoms. The topological polar surface area (TPSA) is 94.1 Å². The number of carbonyl (C=O) groups is 2. The predicted octanol–water partition coefficient (Wildman–Crippen LogP) is 4.22. The van der Waals surface area contributed by atoms with E-state index < -0.39 is 17.7 Å². The third-order valence-electron chi connectivity index (χ3n) is 3.62. The highest BCUT2D eigenvalue weighted by atomic mass is 16.6. The van der Waals surface area contributed by atoms with E-state index in [9.17, 15) is 14.7 Å². The van der Waals surface area contributed by atoms with Crippen LogP contribution in [0.2, 0.25) is 0 Å². The van der Waals surface area contributed by atoms with Gasteiger partial charge in [0.05, 0.1) is 7.11 Å². The van der Waals surface area contributed by atoms with Gasteiger partial charge in [-0.25, -0.2) is 9.59 Å². The summed E-state index contributed by atoms with van der Waals surface area (Å²) in [4.78, 5) is 23.6. The van der Waals surface area contributed by atoms with Crippen molar-refractivity contribution in [3.8, 4) is 11.5 Å². The summed E-state index contributed by atoms with van der Waals surface area (Å²) in [5.41, 5.74) is 0.331. The third kappa shape index (κ3) is 7.21. The molecule has 2 aromatic rings. The maximum absolute atomic E-state index is 12.0. The summed E-state index contributed by atoms with van der Waals surface area (Å²) in [6, 6.07) is 14.5. The largest absolute Gasteiger partial charge is 0.497 e. The fourth-order valence-electron chi connectivity index (χ4n) is 2.34. The Labute approximate surface area is 169 Å². The molecule has 154 valence electrons. The Morgan fingerprint density at radius 2 is 1.79 bits per heavy atom. The second kappa shape index (κ2) is 9.64. The molecule has 0 radical (unpaired) electrons. The first kappa shape index (κ1) is 21.8. The summed E-state index contributed by atoms with van der Waals surface area (Å²) >= 11 is 0. The van der Waals surface area contributed by atoms with Crippen molar-refractivity contribution in [1.82, 2.24) is 5.32 Å². The van der Waals surface area contributed by atoms with Crippen LogP contribution < -0.4 is 14.8 Å². The number of carbonyl (C=O) groups excluding carboxylic acids is 1. The van der Waals surface area contributed by atoms with Crippen LogP contribution in [0.4, 0.5) is 4.79 Å². The van der Waals surface area contributed by atoms with Gasteiger partial charge in [-0.05, 0) is 44.5 Å². The van der Waals surface area contributed by atoms with E-state index in [2.05, 4.69) is 5.32 Å². The van der Waals surface area contributed by atoms with Gasteiger partial charge < -0.3 is 19.3 Å². The Hall–Kier alpha value is -3.48. The first-order valence-electron chi connectivity index (χ1n) is 8.97. The van der Waals surface area contributed by atoms with E-state index in [1.165, 1.54) is 13.2 Å². The number of aliphatic carboxylic acids is 1. The van der Waals surface area contributed by atoms with Gasteiger partial charge in [0.15, 0.2) is 0 Å². The highest BCUT2D eigenvalue weighted by Crippen LogP contribution is 2.27. The molecule has 0 fully saturated rings. The lowest BCUT2D eigenvalue weighted by atomic mass is 10.1. The molecular formula is C22H25NO6. The zero-order chi connectivity index (χ0) is 21.4. The molecular weight excluding hydrogens is 374 g/mol. The molecule has 1 amide bonds. The standard InChI is InChI=1S/C22H25NO6/c1-22(2,3)29-21(26)23-18(20(24)25)12-16-10-11-17(27-4)13-19(16)28-14-15-8-6-5-7-9-15/h5-13H,14H2,1-4H3,(H,23,26)(H,24,25)/b18-12+. The lowest BCUT2D eigenvalue weighted by Gasteiger charge is -2.20. The number of carboxylic acids is 1. The minimum atomic E-state index is -1.30. The quantitative estimate of drug-likeness (QED) is 0.677. The lowest BCUT2D eigenvalue weighted by Crippen LogP contribution is -2.34. The SMILES string of the molecule is COc1ccc(/C=C(/NC(=O)OC(C)(C)C)C(=O)O)c(OCc2ccccc2)c1. The van der Waals surface area contributed by atoms with E-state index in [4.69, 9.17) is 14.2 Å². The zero-order valence-electron chi connectivity index (χ0n) is 16.9. The minimum absolute atomic E-state index is 0.288. The van der Waals surface area contributed by atoms with Crippen LogP contribution in [-0.2, 0) is 16.1 Å². The highest BCUT2D eigenvalue weighted by Gasteiger charge is 2.20. The number of rotatable bonds is 7. The monoisotopic (exact) mass is 399 g/mol. The van der Waals surface area contributed by atoms with E-state index in [-0.39, 0.29) is 12.3 Å². The number of amides is 1. The highest BCUT2D eigenvalue weighted by molar-refractivity contribution is 5.96. The van der Waals surface area contributed by atoms with Crippen LogP contribution in [0.3, 0.4) is 0 Å². The normalized spacial score (nSPS) is 11.5. The average molecular weight is 399 g/mol. The van der Waals surface area contributed by atoms with E-state index >= 15 is 0 Å². The molecule has 2 aromatic carbocycles. The number of ether oxygens (including phenoxy) is 3. The number of methoxy groups -OCH3 is 1. The first-order valence-corrected chi connectivity index (χ1v) is 8.97. The van der Waals surface area contributed by atoms with Crippen molar-refractivity contribution in [3.05, 3.63) is 65.4 Å². The summed E-state index contributed by atoms with van der Waals surface area (Å²) < 4.78 is 16.2. The molecule has 0 unspecified atom stereocenters. The van der Waals surface area contributed by atoms with E-state index in [0.717, 1.165) is 5.56 Å². The van der Waals surface area contributed by atoms with Crippen LogP contribution in [0.15, 0.2) is 54.2 Å². The van der Waals surface area contributed by atoms with Gasteiger partial charge in [0.1, 0.15) is 29.4 Å². The Kier molecular flexibility index (Phi) is 7.25. The van der Waals surface area contributed by atoms with Crippen molar-refractivity contribution in [1.29, 1.82) is 0 Å². The molecule has 29 heavy (non-hydrogen) atoms. The smallest absolute Gasteiger partial charge is 0.412 e. The van der Waals surface area contributed by atoms with Crippen molar-refractivity contribution in [3.63, 3.8) is 0 Å². The molecule has 0 heterocycles. The number of benzene rings is 2. The zero-order valence-corrected chi connectivity index (χ0v) is 16.9. The second-order valence-electron chi connectivity index (χ2n) is 7.17. The fraction of sp³-hybridized carbons (Fsp3) is 0.273. The number of carboxylic acid groups (broad SMARTS) is 1. The van der Waals surface area contributed by atoms with Gasteiger partial charge in [-0.2, -0.15) is 0 Å². The van der Waals surface area contributed by atoms with Crippen molar-refractivity contribution >= 4 is 18.1 Å². The van der Waals surface area contributed by atoms with E-state index in [0.29, 0.717) is 17.1 Å². The average Bonchev–Trinajstić information content (AvgIpc) is 2.65. The molecule has 0 aliphatic carbocycles. The molecule has 0 aliphatic heterocycles. The second-order valence-corrected chi connectivity index (χ2v) is 7.17. The number of nitrogens with one attached hydrogen (secondary N) is 1. The van der Waals surface area contributed by atoms with Crippen LogP contribution in [0.25, 0.3) is 6.08 Å². The van der Waals surface area contributed by atoms with Gasteiger partial charge in [-0.3, -0.25) is 5.32 Å². The molecule has 7 heteroatoms. The Morgan fingerprint density at radius 1 is 1.10 bits per heavy atom. The fourth-order valence-corrected chi connectivity index (χ4v) is 2.34. The van der Waals surface area contributed by atoms with Crippen LogP contribution in [0, 0.1) is 0 Å². The summed E-state index contributed by atoms with van der Waals surface area (Å²) in [5, 5.41) is 11.7. The van der Waals surface area contributed by atoms with Crippen molar-refractivity contribution in [2.24, 2.45) is 0 Å². The van der Waals surface area contributed by atoms with Crippen molar-refractivity contribution in [2.75, 3.05) is 7.11 Å². The summed E-state index contributed by atoms with van der Waals surface area (Å²) in [6.45, 7) is 5.36. The molecule has 7 nitrogen and oxygen atoms in total. The maximum Gasteiger partial charge on any atom is 0.412 e. The Bertz CT molecular complexity index is 884. The molecule has 0 saturated carbocycles. The summed E-state index contributed by atoms with van der Waals surface area (Å²) in [6.07, 6.45) is 0.456. The molecule has 0 atom stereocenters. The predicted molar refractivity (Wildman–Crippen MR) is 109 cm³/mol. The molecule has 0 aliphatic rings. The molecule has 2 rings (SSSR count). The lowest BCUT2D eigenvalue weighted by molar-refractivity contribution is -0.133. The molecule has 0 aromatic heterocycles. The van der Waals surface area contributed by atoms with Gasteiger partial charge in [0.2, 0.25) is 0 Å². The Balaban J connectivity index is 2.29. The van der Waals surface area contributed by atoms with E-state index in [1.807, 2.05) is 30.3 Å². The minimum Gasteiger partial charge on any atom is -0.497 e. The van der Waals surface area contributed by atoms with Crippen molar-refractivity contribution < 1.29 is 28.9 Å². The Morgan fingerprint density at radius 3 is 2.38 bits per heavy atom. The molecule has 0 spiro atoms. The molecule has 0 saturated heterocycles. The van der Waals surface area contributed by atoms with Crippen LogP contribution in [0.1, 0.15) is 31.9 Å². The number of hydrogen-bond donors (Lipinski definition) is 2. The third-order valence-corrected chi connectivity index (χ3v) is 3.62. The van der Waals surface area contributed by atoms with Gasteiger partial charge in [0, 0.05) is 11.6 Å². The van der Waals surface area contributed by atoms with Gasteiger partial charge in [-0.1, -0.05) is 30.3 Å². The first-order chi connectivity index (χ1) is 13.7. The van der Waals surface area contributed by atoms with Crippen LogP contribution in [0.5, 0.6) is 11.5 Å². The van der Waals surface area contributed by atoms with Crippen LogP contribution in [-0.4, -0.2) is 29.9 Å². The van der Waals surface area contributed by atoms with Gasteiger partial charge in [0.25, 0.3) is 0 Å².